The van der Waals surface area contributed by atoms with E-state index in [4.69, 9.17) is 62.7 Å². The Balaban J connectivity index is -0.0000000874. The van der Waals surface area contributed by atoms with Gasteiger partial charge in [0.15, 0.2) is 0 Å². The van der Waals surface area contributed by atoms with Crippen LogP contribution in [-0.2, 0) is 56.8 Å². The van der Waals surface area contributed by atoms with Crippen LogP contribution in [0.5, 0.6) is 0 Å². The average Bonchev–Trinajstić information content (AvgIpc) is 4.30. The number of alkyl halides is 2. The van der Waals surface area contributed by atoms with Crippen LogP contribution < -0.4 is 0 Å². The van der Waals surface area contributed by atoms with Crippen molar-refractivity contribution in [3.05, 3.63) is 88.6 Å². The predicted octanol–water partition coefficient (Wildman–Crippen LogP) is 10.2. The fourth-order valence-electron chi connectivity index (χ4n) is 3.18. The van der Waals surface area contributed by atoms with E-state index in [1.165, 1.54) is 13.5 Å². The summed E-state index contributed by atoms with van der Waals surface area (Å²) in [6, 6.07) is 0. The number of halogens is 2. The molecule has 71 heavy (non-hydrogen) atoms. The van der Waals surface area contributed by atoms with Crippen LogP contribution in [0.1, 0.15) is 75.2 Å². The van der Waals surface area contributed by atoms with E-state index in [1.54, 1.807) is 84.8 Å². The summed E-state index contributed by atoms with van der Waals surface area (Å²) in [6.45, 7) is 46.4. The van der Waals surface area contributed by atoms with Crippen molar-refractivity contribution in [2.75, 3.05) is 139 Å². The third-order valence-electron chi connectivity index (χ3n) is 6.78. The molecule has 0 spiro atoms. The molecule has 0 aliphatic carbocycles. The number of epoxide rings is 2. The molecule has 15 nitrogen and oxygen atoms in total. The van der Waals surface area contributed by atoms with Crippen LogP contribution >= 0.6 is 31.9 Å². The van der Waals surface area contributed by atoms with Crippen LogP contribution in [0.4, 0.5) is 0 Å². The van der Waals surface area contributed by atoms with Gasteiger partial charge in [-0.15, -0.1) is 46.1 Å². The molecule has 0 aromatic rings. The second-order valence-electron chi connectivity index (χ2n) is 14.5. The zero-order valence-corrected chi connectivity index (χ0v) is 49.2. The molecular formula is C54H110Br2O15. The maximum atomic E-state index is 8.99. The first kappa shape index (κ1) is 89.1. The van der Waals surface area contributed by atoms with E-state index >= 15 is 0 Å². The Morgan fingerprint density at radius 1 is 0.507 bits per heavy atom. The highest BCUT2D eigenvalue weighted by Gasteiger charge is 2.21. The van der Waals surface area contributed by atoms with Crippen LogP contribution in [0.25, 0.3) is 0 Å². The van der Waals surface area contributed by atoms with E-state index in [0.717, 1.165) is 43.3 Å². The van der Waals surface area contributed by atoms with Gasteiger partial charge in [-0.05, 0) is 47.0 Å². The third kappa shape index (κ3) is 124. The number of ether oxygens (including phenoxy) is 12. The number of rotatable bonds is 32. The normalized spacial score (nSPS) is 14.5. The van der Waals surface area contributed by atoms with E-state index in [2.05, 4.69) is 101 Å². The minimum absolute atomic E-state index is 0. The zero-order valence-electron chi connectivity index (χ0n) is 46.0. The van der Waals surface area contributed by atoms with E-state index in [0.29, 0.717) is 91.0 Å². The minimum Gasteiger partial charge on any atom is -0.394 e. The molecule has 0 aromatic heterocycles. The summed E-state index contributed by atoms with van der Waals surface area (Å²) in [7, 11) is 8.08. The molecule has 6 atom stereocenters. The first-order valence-corrected chi connectivity index (χ1v) is 25.9. The van der Waals surface area contributed by atoms with Gasteiger partial charge in [0, 0.05) is 52.3 Å². The van der Waals surface area contributed by atoms with E-state index in [9.17, 15) is 0 Å². The van der Waals surface area contributed by atoms with Gasteiger partial charge in [0.05, 0.1) is 117 Å². The van der Waals surface area contributed by atoms with Gasteiger partial charge in [0.2, 0.25) is 0 Å². The molecule has 2 fully saturated rings. The molecule has 2 aliphatic rings. The quantitative estimate of drug-likeness (QED) is 0.0251. The molecule has 2 heterocycles. The molecule has 0 bridgehead atoms. The van der Waals surface area contributed by atoms with Gasteiger partial charge < -0.3 is 72.2 Å². The van der Waals surface area contributed by atoms with E-state index < -0.39 is 6.10 Å². The molecule has 6 unspecified atom stereocenters. The molecule has 17 heteroatoms. The maximum Gasteiger partial charge on any atom is 0.104 e. The Morgan fingerprint density at radius 2 is 0.873 bits per heavy atom. The fraction of sp³-hybridized carbons (Fsp3) is 0.741. The lowest BCUT2D eigenvalue weighted by Crippen LogP contribution is -2.23. The Bertz CT molecular complexity index is 978. The summed E-state index contributed by atoms with van der Waals surface area (Å²) in [5.74, 6) is 0. The van der Waals surface area contributed by atoms with Crippen molar-refractivity contribution in [1.82, 2.24) is 0 Å². The number of hydrogen-bond acceptors (Lipinski definition) is 15. The average molecular weight is 1160 g/mol. The van der Waals surface area contributed by atoms with Gasteiger partial charge in [-0.1, -0.05) is 103 Å². The second-order valence-corrected chi connectivity index (χ2v) is 15.8. The monoisotopic (exact) mass is 1160 g/mol. The van der Waals surface area contributed by atoms with Crippen LogP contribution in [0.3, 0.4) is 0 Å². The van der Waals surface area contributed by atoms with Crippen molar-refractivity contribution in [2.24, 2.45) is 0 Å². The number of methoxy groups -OCH3 is 5. The summed E-state index contributed by atoms with van der Waals surface area (Å²) in [6.07, 6.45) is 15.8. The first-order valence-electron chi connectivity index (χ1n) is 23.6. The smallest absolute Gasteiger partial charge is 0.104 e. The molecule has 2 aliphatic heterocycles. The molecule has 0 radical (unpaired) electrons. The van der Waals surface area contributed by atoms with Crippen molar-refractivity contribution >= 4 is 31.9 Å². The lowest BCUT2D eigenvalue weighted by molar-refractivity contribution is -0.0246. The van der Waals surface area contributed by atoms with Gasteiger partial charge in [-0.2, -0.15) is 0 Å². The summed E-state index contributed by atoms with van der Waals surface area (Å²) < 4.78 is 59.5. The molecule has 2 rings (SSSR count). The number of hydrogen-bond donors (Lipinski definition) is 3. The van der Waals surface area contributed by atoms with E-state index in [1.807, 2.05) is 20.8 Å². The second kappa shape index (κ2) is 85.3. The van der Waals surface area contributed by atoms with Crippen LogP contribution in [0.15, 0.2) is 88.6 Å². The van der Waals surface area contributed by atoms with Gasteiger partial charge >= 0.3 is 0 Å². The lowest BCUT2D eigenvalue weighted by Gasteiger charge is -2.13. The number of allylic oxidation sites excluding steroid dienone is 2. The van der Waals surface area contributed by atoms with Crippen LogP contribution in [0, 0.1) is 0 Å². The fourth-order valence-corrected chi connectivity index (χ4v) is 3.18. The number of aliphatic hydroxyl groups is 3. The van der Waals surface area contributed by atoms with Crippen molar-refractivity contribution in [2.45, 2.75) is 124 Å². The standard InChI is InChI=1S/C8H16O3.C8H16O2.C7H14O3.C6H10O2.C6H12O.C5H12O2.C4H8O.2C3H5Br.C3H8O.CH4/c1-4-5-11-7-8(10-3)6-9-2;1-4-6-10-8(5-2)7-9-3;1-3-4-10-6-7(8)5-9-2;1-2-3-7-4-6-5-8-6;1-4-5-7-6(2)3;1-3-5(6)4-7-2;1-2-4-3-5-4;2*1-2-3-4;1-3(2)4;/h4,8H,1,5-7H2,2-3H3;4,8H,1,5-7H2,2-3H3;3,7-8H,1,4-6H2,2H3;2,6H,1,3-5H2;4,6H,1,5H2,2-3H3;5-6H,3-4H2,1-2H3;4H,2-3H2,1H3;2*2H,1,3H2;3-4H,1-2H3;1H4. The van der Waals surface area contributed by atoms with Gasteiger partial charge in [0.25, 0.3) is 0 Å². The number of aliphatic hydroxyl groups excluding tert-OH is 3. The SMILES string of the molecule is C.C=CCBr.C=CCBr.C=CCOC(C)C.C=CCOC(CC)COC.C=CCOCC(COC)OC.C=CCOCC(O)COC.C=CCOCC1CO1.CC(C)O.CCC(O)COC.CCC1CO1. The highest BCUT2D eigenvalue weighted by molar-refractivity contribution is 9.09. The Hall–Kier alpha value is -1.46. The van der Waals surface area contributed by atoms with Crippen molar-refractivity contribution in [3.8, 4) is 0 Å². The molecule has 0 saturated carbocycles. The van der Waals surface area contributed by atoms with Gasteiger partial charge in [-0.3, -0.25) is 0 Å². The zero-order chi connectivity index (χ0) is 55.5. The molecule has 430 valence electrons. The molecule has 0 amide bonds. The Morgan fingerprint density at radius 3 is 1.14 bits per heavy atom. The summed E-state index contributed by atoms with van der Waals surface area (Å²) in [5, 5.41) is 27.6. The molecule has 0 aromatic carbocycles. The van der Waals surface area contributed by atoms with Crippen molar-refractivity contribution in [1.29, 1.82) is 0 Å². The highest BCUT2D eigenvalue weighted by atomic mass is 79.9. The summed E-state index contributed by atoms with van der Waals surface area (Å²) in [4.78, 5) is 0. The largest absolute Gasteiger partial charge is 0.394 e. The van der Waals surface area contributed by atoms with Gasteiger partial charge in [0.1, 0.15) is 18.3 Å². The minimum atomic E-state index is -0.523. The molecule has 3 N–H and O–H groups in total. The molecule has 2 saturated heterocycles. The topological polar surface area (TPSA) is 178 Å². The highest BCUT2D eigenvalue weighted by Crippen LogP contribution is 2.11. The van der Waals surface area contributed by atoms with Gasteiger partial charge in [-0.25, -0.2) is 0 Å². The summed E-state index contributed by atoms with van der Waals surface area (Å²) in [5.41, 5.74) is 0. The lowest BCUT2D eigenvalue weighted by atomic mass is 10.3. The van der Waals surface area contributed by atoms with E-state index in [-0.39, 0.29) is 31.8 Å². The van der Waals surface area contributed by atoms with Crippen LogP contribution in [0.2, 0.25) is 0 Å². The Labute approximate surface area is 453 Å². The maximum absolute atomic E-state index is 8.99. The van der Waals surface area contributed by atoms with Crippen molar-refractivity contribution < 1.29 is 72.2 Å². The third-order valence-corrected chi connectivity index (χ3v) is 7.70. The Kier molecular flexibility index (Phi) is 107. The predicted molar refractivity (Wildman–Crippen MR) is 307 cm³/mol. The molecular weight excluding hydrogens is 1050 g/mol. The first-order chi connectivity index (χ1) is 33.5. The van der Waals surface area contributed by atoms with Crippen molar-refractivity contribution in [3.63, 3.8) is 0 Å². The van der Waals surface area contributed by atoms with Crippen LogP contribution in [-0.4, -0.2) is 203 Å². The summed E-state index contributed by atoms with van der Waals surface area (Å²) >= 11 is 6.26.